The van der Waals surface area contributed by atoms with Gasteiger partial charge < -0.3 is 9.16 Å². The van der Waals surface area contributed by atoms with Gasteiger partial charge in [0.1, 0.15) is 16.9 Å². The van der Waals surface area contributed by atoms with Crippen LogP contribution in [0.1, 0.15) is 12.8 Å². The van der Waals surface area contributed by atoms with Crippen molar-refractivity contribution >= 4 is 14.1 Å². The van der Waals surface area contributed by atoms with Crippen molar-refractivity contribution in [1.82, 2.24) is 0 Å². The maximum Gasteiger partial charge on any atom is 0.241 e. The summed E-state index contributed by atoms with van der Waals surface area (Å²) < 4.78 is 11.5. The minimum Gasteiger partial charge on any atom is -0.545 e. The Bertz CT molecular complexity index is 405. The SMILES string of the molecule is C=C[C@@]12C(=O)C[C@@H]1CC(O[Si](C)(C)C)=C2OC. The van der Waals surface area contributed by atoms with Crippen LogP contribution in [-0.2, 0) is 14.0 Å². The summed E-state index contributed by atoms with van der Waals surface area (Å²) in [5, 5.41) is 0. The highest BCUT2D eigenvalue weighted by Gasteiger charge is 2.61. The number of carbonyl (C=O) groups is 1. The van der Waals surface area contributed by atoms with Crippen LogP contribution in [0.2, 0.25) is 19.6 Å². The molecule has 0 aliphatic heterocycles. The lowest BCUT2D eigenvalue weighted by Crippen LogP contribution is -2.47. The Hall–Kier alpha value is -1.03. The first kappa shape index (κ1) is 12.4. The average molecular weight is 252 g/mol. The molecule has 0 N–H and O–H groups in total. The van der Waals surface area contributed by atoms with Crippen molar-refractivity contribution in [2.75, 3.05) is 7.11 Å². The summed E-state index contributed by atoms with van der Waals surface area (Å²) in [4.78, 5) is 11.9. The highest BCUT2D eigenvalue weighted by molar-refractivity contribution is 6.70. The predicted octanol–water partition coefficient (Wildman–Crippen LogP) is 2.86. The number of fused-ring (bicyclic) bond motifs is 1. The monoisotopic (exact) mass is 252 g/mol. The summed E-state index contributed by atoms with van der Waals surface area (Å²) >= 11 is 0. The molecule has 1 saturated carbocycles. The molecule has 0 bridgehead atoms. The lowest BCUT2D eigenvalue weighted by Gasteiger charge is -2.41. The van der Waals surface area contributed by atoms with Gasteiger partial charge in [-0.05, 0) is 25.6 Å². The molecule has 17 heavy (non-hydrogen) atoms. The molecule has 2 aliphatic rings. The smallest absolute Gasteiger partial charge is 0.241 e. The normalized spacial score (nSPS) is 32.0. The van der Waals surface area contributed by atoms with E-state index in [2.05, 4.69) is 26.2 Å². The van der Waals surface area contributed by atoms with Crippen molar-refractivity contribution in [2.24, 2.45) is 11.3 Å². The van der Waals surface area contributed by atoms with E-state index in [0.717, 1.165) is 12.2 Å². The van der Waals surface area contributed by atoms with Gasteiger partial charge in [0.15, 0.2) is 5.78 Å². The van der Waals surface area contributed by atoms with Crippen LogP contribution in [0, 0.1) is 11.3 Å². The van der Waals surface area contributed by atoms with Gasteiger partial charge in [0.25, 0.3) is 0 Å². The van der Waals surface area contributed by atoms with E-state index in [0.29, 0.717) is 18.1 Å². The third-order valence-corrected chi connectivity index (χ3v) is 4.41. The molecular formula is C13H20O3Si. The van der Waals surface area contributed by atoms with E-state index in [1.54, 1.807) is 13.2 Å². The fraction of sp³-hybridized carbons (Fsp3) is 0.615. The minimum absolute atomic E-state index is 0.212. The fourth-order valence-corrected chi connectivity index (χ4v) is 3.77. The second-order valence-electron chi connectivity index (χ2n) is 5.77. The zero-order valence-electron chi connectivity index (χ0n) is 11.0. The van der Waals surface area contributed by atoms with E-state index in [-0.39, 0.29) is 5.78 Å². The maximum absolute atomic E-state index is 11.9. The minimum atomic E-state index is -1.66. The number of hydrogen-bond acceptors (Lipinski definition) is 3. The Morgan fingerprint density at radius 3 is 2.47 bits per heavy atom. The molecule has 0 aromatic rings. The molecule has 3 nitrogen and oxygen atoms in total. The molecule has 94 valence electrons. The van der Waals surface area contributed by atoms with E-state index in [4.69, 9.17) is 9.16 Å². The Balaban J connectivity index is 2.38. The molecule has 0 amide bonds. The molecule has 0 radical (unpaired) electrons. The van der Waals surface area contributed by atoms with Crippen molar-refractivity contribution < 1.29 is 14.0 Å². The van der Waals surface area contributed by atoms with Gasteiger partial charge >= 0.3 is 0 Å². The van der Waals surface area contributed by atoms with Crippen LogP contribution in [-0.4, -0.2) is 21.2 Å². The number of hydrogen-bond donors (Lipinski definition) is 0. The number of ether oxygens (including phenoxy) is 1. The standard InChI is InChI=1S/C13H20O3Si/c1-6-13-9(8-11(13)14)7-10(12(13)15-2)16-17(3,4)5/h6,9H,1,7-8H2,2-5H3/t9-,13-/m0/s1. The van der Waals surface area contributed by atoms with E-state index in [1.165, 1.54) is 0 Å². The maximum atomic E-state index is 11.9. The molecule has 0 heterocycles. The summed E-state index contributed by atoms with van der Waals surface area (Å²) in [5.74, 6) is 2.09. The van der Waals surface area contributed by atoms with Crippen molar-refractivity contribution in [3.8, 4) is 0 Å². The number of ketones is 1. The van der Waals surface area contributed by atoms with Crippen LogP contribution in [0.25, 0.3) is 0 Å². The molecule has 0 unspecified atom stereocenters. The van der Waals surface area contributed by atoms with Gasteiger partial charge in [0.2, 0.25) is 8.32 Å². The Labute approximate surface area is 104 Å². The third-order valence-electron chi connectivity index (χ3n) is 3.55. The first-order valence-corrected chi connectivity index (χ1v) is 9.39. The quantitative estimate of drug-likeness (QED) is 0.570. The van der Waals surface area contributed by atoms with E-state index < -0.39 is 13.7 Å². The first-order chi connectivity index (χ1) is 7.85. The van der Waals surface area contributed by atoms with E-state index >= 15 is 0 Å². The summed E-state index contributed by atoms with van der Waals surface area (Å²) in [7, 11) is -0.0497. The van der Waals surface area contributed by atoms with Crippen LogP contribution in [0.5, 0.6) is 0 Å². The van der Waals surface area contributed by atoms with Crippen LogP contribution in [0.15, 0.2) is 24.2 Å². The largest absolute Gasteiger partial charge is 0.545 e. The molecule has 2 aliphatic carbocycles. The Morgan fingerprint density at radius 1 is 1.41 bits per heavy atom. The van der Waals surface area contributed by atoms with Crippen molar-refractivity contribution in [3.05, 3.63) is 24.2 Å². The molecule has 0 aromatic carbocycles. The fourth-order valence-electron chi connectivity index (χ4n) is 2.86. The predicted molar refractivity (Wildman–Crippen MR) is 68.8 cm³/mol. The Morgan fingerprint density at radius 2 is 2.06 bits per heavy atom. The summed E-state index contributed by atoms with van der Waals surface area (Å²) in [6, 6.07) is 0. The van der Waals surface area contributed by atoms with Gasteiger partial charge in [0, 0.05) is 12.8 Å². The first-order valence-electron chi connectivity index (χ1n) is 5.98. The van der Waals surface area contributed by atoms with Gasteiger partial charge in [-0.15, -0.1) is 6.58 Å². The van der Waals surface area contributed by atoms with Gasteiger partial charge in [0.05, 0.1) is 7.11 Å². The molecule has 2 rings (SSSR count). The molecule has 2 atom stereocenters. The molecule has 0 saturated heterocycles. The number of methoxy groups -OCH3 is 1. The zero-order chi connectivity index (χ0) is 12.8. The molecular weight excluding hydrogens is 232 g/mol. The van der Waals surface area contributed by atoms with Crippen LogP contribution < -0.4 is 0 Å². The van der Waals surface area contributed by atoms with Gasteiger partial charge in [-0.3, -0.25) is 4.79 Å². The second kappa shape index (κ2) is 3.73. The second-order valence-corrected chi connectivity index (χ2v) is 10.2. The summed E-state index contributed by atoms with van der Waals surface area (Å²) in [6.07, 6.45) is 3.17. The number of carbonyl (C=O) groups excluding carboxylic acids is 1. The number of rotatable bonds is 4. The molecule has 0 aromatic heterocycles. The van der Waals surface area contributed by atoms with Crippen molar-refractivity contribution in [2.45, 2.75) is 32.5 Å². The average Bonchev–Trinajstić information content (AvgIpc) is 2.44. The topological polar surface area (TPSA) is 35.5 Å². The number of Topliss-reactive ketones (excluding diaryl/α,β-unsaturated/α-hetero) is 1. The zero-order valence-corrected chi connectivity index (χ0v) is 12.0. The lowest BCUT2D eigenvalue weighted by molar-refractivity contribution is -0.139. The highest BCUT2D eigenvalue weighted by Crippen LogP contribution is 2.59. The molecule has 4 heteroatoms. The van der Waals surface area contributed by atoms with Crippen LogP contribution >= 0.6 is 0 Å². The van der Waals surface area contributed by atoms with Crippen LogP contribution in [0.3, 0.4) is 0 Å². The number of allylic oxidation sites excluding steroid dienone is 2. The van der Waals surface area contributed by atoms with Gasteiger partial charge in [-0.1, -0.05) is 6.08 Å². The summed E-state index contributed by atoms with van der Waals surface area (Å²) in [5.41, 5.74) is -0.580. The van der Waals surface area contributed by atoms with Crippen molar-refractivity contribution in [1.29, 1.82) is 0 Å². The summed E-state index contributed by atoms with van der Waals surface area (Å²) in [6.45, 7) is 10.2. The van der Waals surface area contributed by atoms with Gasteiger partial charge in [-0.25, -0.2) is 0 Å². The molecule has 1 fully saturated rings. The van der Waals surface area contributed by atoms with Gasteiger partial charge in [-0.2, -0.15) is 0 Å². The molecule has 0 spiro atoms. The van der Waals surface area contributed by atoms with Crippen LogP contribution in [0.4, 0.5) is 0 Å². The Kier molecular flexibility index (Phi) is 2.73. The third kappa shape index (κ3) is 1.66. The van der Waals surface area contributed by atoms with E-state index in [1.807, 2.05) is 0 Å². The van der Waals surface area contributed by atoms with E-state index in [9.17, 15) is 4.79 Å². The highest BCUT2D eigenvalue weighted by atomic mass is 28.4. The lowest BCUT2D eigenvalue weighted by atomic mass is 9.60. The van der Waals surface area contributed by atoms with Crippen molar-refractivity contribution in [3.63, 3.8) is 0 Å².